The van der Waals surface area contributed by atoms with Crippen LogP contribution < -0.4 is 26.4 Å². The Hall–Kier alpha value is -3.63. The lowest BCUT2D eigenvalue weighted by molar-refractivity contribution is -0.141. The lowest BCUT2D eigenvalue weighted by Gasteiger charge is -2.29. The van der Waals surface area contributed by atoms with E-state index in [1.165, 1.54) is 12.0 Å². The van der Waals surface area contributed by atoms with Gasteiger partial charge in [0, 0.05) is 13.0 Å². The molecule has 0 spiro atoms. The Balaban J connectivity index is 1.71. The van der Waals surface area contributed by atoms with E-state index in [-0.39, 0.29) is 12.3 Å². The van der Waals surface area contributed by atoms with Crippen molar-refractivity contribution in [2.24, 2.45) is 5.73 Å². The van der Waals surface area contributed by atoms with Crippen molar-refractivity contribution in [1.82, 2.24) is 15.5 Å². The summed E-state index contributed by atoms with van der Waals surface area (Å²) < 4.78 is 5.24. The maximum absolute atomic E-state index is 13.2. The Morgan fingerprint density at radius 1 is 1.22 bits per heavy atom. The smallest absolute Gasteiger partial charge is 0.247 e. The number of methoxy groups -OCH3 is 1. The number of rotatable bonds is 8. The van der Waals surface area contributed by atoms with Crippen LogP contribution >= 0.6 is 0 Å². The molecule has 2 saturated heterocycles. The molecule has 5 N–H and O–H groups in total. The maximum atomic E-state index is 13.2. The molecule has 0 saturated carbocycles. The Morgan fingerprint density at radius 2 is 1.97 bits per heavy atom. The number of primary amides is 1. The Labute approximate surface area is 185 Å². The summed E-state index contributed by atoms with van der Waals surface area (Å²) >= 11 is 0. The predicted molar refractivity (Wildman–Crippen MR) is 113 cm³/mol. The second-order valence-electron chi connectivity index (χ2n) is 7.77. The minimum atomic E-state index is -1.22. The number of benzene rings is 1. The molecule has 1 aromatic carbocycles. The first-order chi connectivity index (χ1) is 15.3. The van der Waals surface area contributed by atoms with Crippen LogP contribution in [0.5, 0.6) is 5.75 Å². The van der Waals surface area contributed by atoms with Crippen molar-refractivity contribution in [2.75, 3.05) is 19.0 Å². The van der Waals surface area contributed by atoms with Gasteiger partial charge in [-0.1, -0.05) is 12.1 Å². The Kier molecular flexibility index (Phi) is 7.29. The van der Waals surface area contributed by atoms with Crippen molar-refractivity contribution in [3.8, 4) is 5.75 Å². The number of para-hydroxylation sites is 2. The van der Waals surface area contributed by atoms with E-state index in [1.807, 2.05) is 0 Å². The number of ether oxygens (including phenoxy) is 1. The molecule has 0 bridgehead atoms. The maximum Gasteiger partial charge on any atom is 0.247 e. The molecule has 3 atom stereocenters. The molecule has 172 valence electrons. The summed E-state index contributed by atoms with van der Waals surface area (Å²) in [5, 5.41) is 7.81. The van der Waals surface area contributed by atoms with E-state index >= 15 is 0 Å². The topological polar surface area (TPSA) is 160 Å². The van der Waals surface area contributed by atoms with Gasteiger partial charge in [0.25, 0.3) is 0 Å². The zero-order chi connectivity index (χ0) is 23.3. The fraction of sp³-hybridized carbons (Fsp3) is 0.476. The highest BCUT2D eigenvalue weighted by Gasteiger charge is 2.39. The first-order valence-electron chi connectivity index (χ1n) is 10.4. The number of nitrogens with zero attached hydrogens (tertiary/aromatic N) is 1. The molecule has 0 aromatic heterocycles. The molecular formula is C21H27N5O6. The molecular weight excluding hydrogens is 418 g/mol. The summed E-state index contributed by atoms with van der Waals surface area (Å²) in [5.74, 6) is -2.07. The minimum Gasteiger partial charge on any atom is -0.495 e. The van der Waals surface area contributed by atoms with Crippen LogP contribution in [0, 0.1) is 0 Å². The number of carbonyl (C=O) groups is 5. The van der Waals surface area contributed by atoms with Crippen LogP contribution in [0.4, 0.5) is 5.69 Å². The number of anilines is 1. The highest BCUT2D eigenvalue weighted by atomic mass is 16.5. The second-order valence-corrected chi connectivity index (χ2v) is 7.77. The molecule has 2 heterocycles. The van der Waals surface area contributed by atoms with E-state index in [0.29, 0.717) is 37.2 Å². The van der Waals surface area contributed by atoms with Crippen molar-refractivity contribution in [1.29, 1.82) is 0 Å². The Bertz CT molecular complexity index is 920. The summed E-state index contributed by atoms with van der Waals surface area (Å²) in [6.45, 7) is 0.300. The second kappa shape index (κ2) is 10.1. The number of carbonyl (C=O) groups excluding carboxylic acids is 5. The molecule has 0 aliphatic carbocycles. The average molecular weight is 445 g/mol. The van der Waals surface area contributed by atoms with Crippen LogP contribution in [0.15, 0.2) is 24.3 Å². The van der Waals surface area contributed by atoms with Gasteiger partial charge < -0.3 is 31.3 Å². The van der Waals surface area contributed by atoms with Crippen LogP contribution in [0.3, 0.4) is 0 Å². The van der Waals surface area contributed by atoms with Gasteiger partial charge in [-0.25, -0.2) is 0 Å². The van der Waals surface area contributed by atoms with E-state index in [9.17, 15) is 24.0 Å². The van der Waals surface area contributed by atoms with Crippen molar-refractivity contribution in [3.05, 3.63) is 24.3 Å². The SMILES string of the molecule is COc1ccccc1NC(=O)C1CCCN1C(=O)C(CC(N)=O)NC(=O)C1CCC(=O)N1. The third-order valence-corrected chi connectivity index (χ3v) is 5.54. The van der Waals surface area contributed by atoms with Crippen molar-refractivity contribution in [3.63, 3.8) is 0 Å². The molecule has 3 unspecified atom stereocenters. The Morgan fingerprint density at radius 3 is 2.62 bits per heavy atom. The number of hydrogen-bond acceptors (Lipinski definition) is 6. The standard InChI is InChI=1S/C21H27N5O6/c1-32-16-7-3-2-5-12(16)24-20(30)15-6-4-10-26(15)21(31)14(11-17(22)27)25-19(29)13-8-9-18(28)23-13/h2-3,5,7,13-15H,4,6,8-11H2,1H3,(H2,22,27)(H,23,28)(H,24,30)(H,25,29). The van der Waals surface area contributed by atoms with Crippen molar-refractivity contribution in [2.45, 2.75) is 50.2 Å². The highest BCUT2D eigenvalue weighted by molar-refractivity contribution is 6.01. The monoisotopic (exact) mass is 445 g/mol. The summed E-state index contributed by atoms with van der Waals surface area (Å²) in [4.78, 5) is 62.9. The van der Waals surface area contributed by atoms with Crippen LogP contribution in [0.2, 0.25) is 0 Å². The number of amides is 5. The van der Waals surface area contributed by atoms with Gasteiger partial charge in [0.05, 0.1) is 19.2 Å². The molecule has 11 heteroatoms. The predicted octanol–water partition coefficient (Wildman–Crippen LogP) is -0.736. The van der Waals surface area contributed by atoms with Gasteiger partial charge in [-0.3, -0.25) is 24.0 Å². The molecule has 32 heavy (non-hydrogen) atoms. The van der Waals surface area contributed by atoms with E-state index < -0.39 is 48.2 Å². The van der Waals surface area contributed by atoms with E-state index in [4.69, 9.17) is 10.5 Å². The number of nitrogens with two attached hydrogens (primary N) is 1. The van der Waals surface area contributed by atoms with Gasteiger partial charge in [-0.05, 0) is 31.4 Å². The first kappa shape index (κ1) is 23.0. The normalized spacial score (nSPS) is 20.9. The van der Waals surface area contributed by atoms with E-state index in [2.05, 4.69) is 16.0 Å². The highest BCUT2D eigenvalue weighted by Crippen LogP contribution is 2.26. The largest absolute Gasteiger partial charge is 0.495 e. The van der Waals surface area contributed by atoms with Gasteiger partial charge in [0.1, 0.15) is 23.9 Å². The number of nitrogens with one attached hydrogen (secondary N) is 3. The molecule has 3 rings (SSSR count). The fourth-order valence-corrected chi connectivity index (χ4v) is 3.95. The van der Waals surface area contributed by atoms with E-state index in [1.54, 1.807) is 24.3 Å². The zero-order valence-corrected chi connectivity index (χ0v) is 17.8. The quantitative estimate of drug-likeness (QED) is 0.412. The van der Waals surface area contributed by atoms with Gasteiger partial charge >= 0.3 is 0 Å². The van der Waals surface area contributed by atoms with Gasteiger partial charge in [0.15, 0.2) is 0 Å². The molecule has 2 fully saturated rings. The lowest BCUT2D eigenvalue weighted by Crippen LogP contribution is -2.56. The van der Waals surface area contributed by atoms with Gasteiger partial charge in [0.2, 0.25) is 29.5 Å². The van der Waals surface area contributed by atoms with Crippen LogP contribution in [0.1, 0.15) is 32.1 Å². The van der Waals surface area contributed by atoms with E-state index in [0.717, 1.165) is 0 Å². The minimum absolute atomic E-state index is 0.212. The molecule has 2 aliphatic heterocycles. The van der Waals surface area contributed by atoms with Gasteiger partial charge in [-0.15, -0.1) is 0 Å². The molecule has 1 aromatic rings. The summed E-state index contributed by atoms with van der Waals surface area (Å²) in [5.41, 5.74) is 5.76. The van der Waals surface area contributed by atoms with Crippen LogP contribution in [-0.2, 0) is 24.0 Å². The molecule has 5 amide bonds. The zero-order valence-electron chi connectivity index (χ0n) is 17.8. The van der Waals surface area contributed by atoms with Gasteiger partial charge in [-0.2, -0.15) is 0 Å². The van der Waals surface area contributed by atoms with Crippen LogP contribution in [-0.4, -0.2) is 66.2 Å². The molecule has 2 aliphatic rings. The summed E-state index contributed by atoms with van der Waals surface area (Å²) in [6.07, 6.45) is 1.12. The summed E-state index contributed by atoms with van der Waals surface area (Å²) in [7, 11) is 1.49. The third kappa shape index (κ3) is 5.34. The van der Waals surface area contributed by atoms with Crippen LogP contribution in [0.25, 0.3) is 0 Å². The third-order valence-electron chi connectivity index (χ3n) is 5.54. The summed E-state index contributed by atoms with van der Waals surface area (Å²) in [6, 6.07) is 4.13. The molecule has 11 nitrogen and oxygen atoms in total. The first-order valence-corrected chi connectivity index (χ1v) is 10.4. The molecule has 0 radical (unpaired) electrons. The van der Waals surface area contributed by atoms with Crippen molar-refractivity contribution >= 4 is 35.2 Å². The average Bonchev–Trinajstić information content (AvgIpc) is 3.42. The van der Waals surface area contributed by atoms with Crippen molar-refractivity contribution < 1.29 is 28.7 Å². The fourth-order valence-electron chi connectivity index (χ4n) is 3.95. The number of likely N-dealkylation sites (tertiary alicyclic amines) is 1. The number of hydrogen-bond donors (Lipinski definition) is 4. The lowest BCUT2D eigenvalue weighted by atomic mass is 10.1.